The number of para-hydroxylation sites is 1. The summed E-state index contributed by atoms with van der Waals surface area (Å²) in [5.74, 6) is 0. The van der Waals surface area contributed by atoms with Gasteiger partial charge in [0.15, 0.2) is 0 Å². The number of carbonyl (C=O) groups is 1. The van der Waals surface area contributed by atoms with Crippen molar-refractivity contribution in [3.8, 4) is 0 Å². The van der Waals surface area contributed by atoms with Crippen LogP contribution in [-0.2, 0) is 6.54 Å². The molecule has 0 saturated heterocycles. The zero-order valence-electron chi connectivity index (χ0n) is 14.1. The molecule has 0 saturated carbocycles. The van der Waals surface area contributed by atoms with Crippen molar-refractivity contribution < 1.29 is 4.79 Å². The zero-order chi connectivity index (χ0) is 17.6. The van der Waals surface area contributed by atoms with Gasteiger partial charge >= 0.3 is 6.03 Å². The van der Waals surface area contributed by atoms with E-state index in [0.29, 0.717) is 12.2 Å². The Balaban J connectivity index is 1.85. The summed E-state index contributed by atoms with van der Waals surface area (Å²) < 4.78 is 0. The minimum Gasteiger partial charge on any atom is -0.399 e. The Bertz CT molecular complexity index is 845. The van der Waals surface area contributed by atoms with Crippen LogP contribution in [0.15, 0.2) is 78.9 Å². The van der Waals surface area contributed by atoms with Gasteiger partial charge in [0.05, 0.1) is 11.4 Å². The molecule has 0 fully saturated rings. The molecule has 0 aliphatic carbocycles. The third-order valence-electron chi connectivity index (χ3n) is 4.06. The van der Waals surface area contributed by atoms with Crippen LogP contribution in [0.4, 0.5) is 21.9 Å². The minimum atomic E-state index is -0.181. The average Bonchev–Trinajstić information content (AvgIpc) is 2.64. The van der Waals surface area contributed by atoms with Crippen molar-refractivity contribution in [2.75, 3.05) is 10.6 Å². The van der Waals surface area contributed by atoms with E-state index in [4.69, 9.17) is 5.73 Å². The molecule has 0 radical (unpaired) electrons. The van der Waals surface area contributed by atoms with Crippen LogP contribution in [0.5, 0.6) is 0 Å². The molecule has 3 N–H and O–H groups in total. The Labute approximate surface area is 147 Å². The summed E-state index contributed by atoms with van der Waals surface area (Å²) in [6.45, 7) is 2.51. The molecule has 0 bridgehead atoms. The molecular weight excluding hydrogens is 310 g/mol. The number of nitrogens with two attached hydrogens (primary N) is 1. The first kappa shape index (κ1) is 16.6. The quantitative estimate of drug-likeness (QED) is 0.685. The summed E-state index contributed by atoms with van der Waals surface area (Å²) in [5.41, 5.74) is 10.3. The van der Waals surface area contributed by atoms with Crippen LogP contribution in [-0.4, -0.2) is 6.03 Å². The second kappa shape index (κ2) is 7.53. The highest BCUT2D eigenvalue weighted by Crippen LogP contribution is 2.26. The van der Waals surface area contributed by atoms with Crippen molar-refractivity contribution in [2.24, 2.45) is 0 Å². The lowest BCUT2D eigenvalue weighted by Gasteiger charge is -2.23. The maximum atomic E-state index is 12.9. The maximum Gasteiger partial charge on any atom is 0.326 e. The van der Waals surface area contributed by atoms with E-state index in [1.807, 2.05) is 73.7 Å². The van der Waals surface area contributed by atoms with E-state index in [1.54, 1.807) is 17.0 Å². The molecule has 126 valence electrons. The van der Waals surface area contributed by atoms with Gasteiger partial charge in [0.2, 0.25) is 0 Å². The van der Waals surface area contributed by atoms with Crippen molar-refractivity contribution in [3.05, 3.63) is 90.0 Å². The Morgan fingerprint density at radius 1 is 0.880 bits per heavy atom. The first-order chi connectivity index (χ1) is 12.1. The second-order valence-electron chi connectivity index (χ2n) is 5.85. The topological polar surface area (TPSA) is 58.4 Å². The van der Waals surface area contributed by atoms with Crippen LogP contribution in [0.3, 0.4) is 0 Å². The van der Waals surface area contributed by atoms with Gasteiger partial charge < -0.3 is 11.1 Å². The molecule has 0 aliphatic rings. The molecule has 4 heteroatoms. The maximum absolute atomic E-state index is 12.9. The van der Waals surface area contributed by atoms with Gasteiger partial charge in [-0.05, 0) is 54.4 Å². The predicted molar refractivity (Wildman–Crippen MR) is 103 cm³/mol. The second-order valence-corrected chi connectivity index (χ2v) is 5.85. The summed E-state index contributed by atoms with van der Waals surface area (Å²) in [4.78, 5) is 14.5. The minimum absolute atomic E-state index is 0.181. The van der Waals surface area contributed by atoms with E-state index >= 15 is 0 Å². The van der Waals surface area contributed by atoms with Gasteiger partial charge in [0, 0.05) is 12.2 Å². The number of urea groups is 1. The van der Waals surface area contributed by atoms with E-state index in [9.17, 15) is 4.79 Å². The Hall–Kier alpha value is -3.27. The lowest BCUT2D eigenvalue weighted by molar-refractivity contribution is 0.248. The van der Waals surface area contributed by atoms with Crippen molar-refractivity contribution in [1.29, 1.82) is 0 Å². The van der Waals surface area contributed by atoms with Gasteiger partial charge in [-0.2, -0.15) is 0 Å². The number of nitrogens with one attached hydrogen (secondary N) is 1. The molecule has 0 spiro atoms. The van der Waals surface area contributed by atoms with Crippen molar-refractivity contribution >= 4 is 23.1 Å². The number of carbonyl (C=O) groups excluding carboxylic acids is 1. The normalized spacial score (nSPS) is 10.3. The van der Waals surface area contributed by atoms with Crippen molar-refractivity contribution in [3.63, 3.8) is 0 Å². The van der Waals surface area contributed by atoms with Crippen LogP contribution in [0.25, 0.3) is 0 Å². The average molecular weight is 331 g/mol. The van der Waals surface area contributed by atoms with Gasteiger partial charge in [-0.15, -0.1) is 0 Å². The third-order valence-corrected chi connectivity index (χ3v) is 4.06. The molecule has 2 amide bonds. The monoisotopic (exact) mass is 331 g/mol. The summed E-state index contributed by atoms with van der Waals surface area (Å²) in [7, 11) is 0. The fourth-order valence-corrected chi connectivity index (χ4v) is 2.64. The number of anilines is 3. The summed E-state index contributed by atoms with van der Waals surface area (Å²) in [5, 5.41) is 3.01. The summed E-state index contributed by atoms with van der Waals surface area (Å²) in [6, 6.07) is 24.7. The molecule has 25 heavy (non-hydrogen) atoms. The molecule has 0 unspecified atom stereocenters. The lowest BCUT2D eigenvalue weighted by Crippen LogP contribution is -2.36. The number of aryl methyl sites for hydroxylation is 1. The number of benzene rings is 3. The smallest absolute Gasteiger partial charge is 0.326 e. The molecule has 0 heterocycles. The standard InChI is InChI=1S/C21H21N3O/c1-16-7-5-6-8-17(16)15-23-21(25)24(19-9-3-2-4-10-19)20-13-11-18(22)12-14-20/h2-14H,15,22H2,1H3,(H,23,25). The van der Waals surface area contributed by atoms with E-state index in [0.717, 1.165) is 22.5 Å². The number of amides is 2. The zero-order valence-corrected chi connectivity index (χ0v) is 14.1. The van der Waals surface area contributed by atoms with Crippen molar-refractivity contribution in [2.45, 2.75) is 13.5 Å². The molecule has 3 aromatic rings. The molecule has 0 aliphatic heterocycles. The Morgan fingerprint density at radius 3 is 2.16 bits per heavy atom. The lowest BCUT2D eigenvalue weighted by atomic mass is 10.1. The third kappa shape index (κ3) is 3.98. The number of rotatable bonds is 4. The molecule has 0 aromatic heterocycles. The molecular formula is C21H21N3O. The van der Waals surface area contributed by atoms with E-state index in [1.165, 1.54) is 0 Å². The highest BCUT2D eigenvalue weighted by Gasteiger charge is 2.17. The number of hydrogen-bond donors (Lipinski definition) is 2. The van der Waals surface area contributed by atoms with Gasteiger partial charge in [-0.3, -0.25) is 4.90 Å². The van der Waals surface area contributed by atoms with E-state index < -0.39 is 0 Å². The van der Waals surface area contributed by atoms with Crippen LogP contribution >= 0.6 is 0 Å². The van der Waals surface area contributed by atoms with Crippen LogP contribution in [0.2, 0.25) is 0 Å². The highest BCUT2D eigenvalue weighted by molar-refractivity contribution is 5.99. The van der Waals surface area contributed by atoms with Gasteiger partial charge in [-0.1, -0.05) is 42.5 Å². The fourth-order valence-electron chi connectivity index (χ4n) is 2.64. The summed E-state index contributed by atoms with van der Waals surface area (Å²) >= 11 is 0. The Morgan fingerprint density at radius 2 is 1.48 bits per heavy atom. The van der Waals surface area contributed by atoms with Crippen LogP contribution < -0.4 is 16.0 Å². The first-order valence-corrected chi connectivity index (χ1v) is 8.18. The van der Waals surface area contributed by atoms with Crippen LogP contribution in [0, 0.1) is 6.92 Å². The largest absolute Gasteiger partial charge is 0.399 e. The fraction of sp³-hybridized carbons (Fsp3) is 0.0952. The van der Waals surface area contributed by atoms with Gasteiger partial charge in [0.1, 0.15) is 0 Å². The van der Waals surface area contributed by atoms with E-state index in [-0.39, 0.29) is 6.03 Å². The number of hydrogen-bond acceptors (Lipinski definition) is 2. The number of nitrogen functional groups attached to an aromatic ring is 1. The van der Waals surface area contributed by atoms with Crippen molar-refractivity contribution in [1.82, 2.24) is 5.32 Å². The van der Waals surface area contributed by atoms with Crippen LogP contribution in [0.1, 0.15) is 11.1 Å². The van der Waals surface area contributed by atoms with Gasteiger partial charge in [0.25, 0.3) is 0 Å². The SMILES string of the molecule is Cc1ccccc1CNC(=O)N(c1ccccc1)c1ccc(N)cc1. The van der Waals surface area contributed by atoms with Gasteiger partial charge in [-0.25, -0.2) is 4.79 Å². The van der Waals surface area contributed by atoms with E-state index in [2.05, 4.69) is 5.32 Å². The first-order valence-electron chi connectivity index (χ1n) is 8.18. The molecule has 4 nitrogen and oxygen atoms in total. The Kier molecular flexibility index (Phi) is 5.00. The number of nitrogens with zero attached hydrogens (tertiary/aromatic N) is 1. The highest BCUT2D eigenvalue weighted by atomic mass is 16.2. The summed E-state index contributed by atoms with van der Waals surface area (Å²) in [6.07, 6.45) is 0. The molecule has 3 rings (SSSR count). The predicted octanol–water partition coefficient (Wildman–Crippen LogP) is 4.63. The molecule has 3 aromatic carbocycles. The molecule has 0 atom stereocenters.